The number of carbonyl (C=O) groups excluding carboxylic acids is 1. The van der Waals surface area contributed by atoms with Crippen LogP contribution in [0.3, 0.4) is 0 Å². The highest BCUT2D eigenvalue weighted by atomic mass is 32.2. The Morgan fingerprint density at radius 2 is 2.26 bits per heavy atom. The smallest absolute Gasteiger partial charge is 0.258 e. The van der Waals surface area contributed by atoms with E-state index < -0.39 is 15.9 Å². The van der Waals surface area contributed by atoms with Crippen LogP contribution in [-0.2, 0) is 16.6 Å². The van der Waals surface area contributed by atoms with Gasteiger partial charge in [-0.2, -0.15) is 0 Å². The Hall–Kier alpha value is -1.77. The van der Waals surface area contributed by atoms with E-state index in [0.29, 0.717) is 0 Å². The Bertz CT molecular complexity index is 680. The van der Waals surface area contributed by atoms with Crippen LogP contribution in [0.5, 0.6) is 0 Å². The number of primary amides is 1. The number of rotatable bonds is 5. The van der Waals surface area contributed by atoms with Crippen molar-refractivity contribution in [1.29, 1.82) is 0 Å². The Kier molecular flexibility index (Phi) is 3.93. The van der Waals surface area contributed by atoms with Gasteiger partial charge in [0, 0.05) is 24.3 Å². The zero-order valence-electron chi connectivity index (χ0n) is 9.74. The molecule has 2 rings (SSSR count). The van der Waals surface area contributed by atoms with Gasteiger partial charge in [0.15, 0.2) is 0 Å². The summed E-state index contributed by atoms with van der Waals surface area (Å²) < 4.78 is 26.4. The summed E-state index contributed by atoms with van der Waals surface area (Å²) in [5, 5.41) is 1.38. The van der Waals surface area contributed by atoms with Crippen molar-refractivity contribution in [3.8, 4) is 0 Å². The van der Waals surface area contributed by atoms with Crippen molar-refractivity contribution < 1.29 is 13.2 Å². The lowest BCUT2D eigenvalue weighted by molar-refractivity contribution is 0.100. The molecule has 0 aliphatic heterocycles. The Morgan fingerprint density at radius 3 is 2.84 bits per heavy atom. The van der Waals surface area contributed by atoms with Crippen LogP contribution in [0.15, 0.2) is 40.9 Å². The number of carbonyl (C=O) groups is 1. The van der Waals surface area contributed by atoms with Crippen molar-refractivity contribution in [3.05, 3.63) is 46.4 Å². The summed E-state index contributed by atoms with van der Waals surface area (Å²) in [6, 6.07) is 4.75. The fraction of sp³-hybridized carbons (Fsp3) is 0.0909. The monoisotopic (exact) mass is 297 g/mol. The van der Waals surface area contributed by atoms with E-state index in [-0.39, 0.29) is 16.3 Å². The largest absolute Gasteiger partial charge is 0.365 e. The minimum atomic E-state index is -3.65. The van der Waals surface area contributed by atoms with Crippen molar-refractivity contribution in [2.75, 3.05) is 0 Å². The van der Waals surface area contributed by atoms with Crippen LogP contribution in [0, 0.1) is 0 Å². The summed E-state index contributed by atoms with van der Waals surface area (Å²) in [5.74, 6) is -0.640. The number of pyridine rings is 1. The van der Waals surface area contributed by atoms with Gasteiger partial charge in [0.2, 0.25) is 10.0 Å². The van der Waals surface area contributed by atoms with Gasteiger partial charge in [0.25, 0.3) is 5.91 Å². The zero-order chi connectivity index (χ0) is 13.9. The lowest BCUT2D eigenvalue weighted by Crippen LogP contribution is -2.22. The molecule has 8 heteroatoms. The number of aromatic nitrogens is 1. The summed E-state index contributed by atoms with van der Waals surface area (Å²) in [6.45, 7) is 0.137. The van der Waals surface area contributed by atoms with Gasteiger partial charge in [-0.1, -0.05) is 6.07 Å². The van der Waals surface area contributed by atoms with Gasteiger partial charge >= 0.3 is 0 Å². The first-order chi connectivity index (χ1) is 8.99. The van der Waals surface area contributed by atoms with Gasteiger partial charge in [0.1, 0.15) is 0 Å². The van der Waals surface area contributed by atoms with E-state index >= 15 is 0 Å². The van der Waals surface area contributed by atoms with E-state index in [1.807, 2.05) is 0 Å². The van der Waals surface area contributed by atoms with Crippen LogP contribution in [0.1, 0.15) is 15.2 Å². The summed E-state index contributed by atoms with van der Waals surface area (Å²) in [4.78, 5) is 15.1. The molecule has 0 bridgehead atoms. The highest BCUT2D eigenvalue weighted by Gasteiger charge is 2.17. The molecule has 0 aliphatic carbocycles. The van der Waals surface area contributed by atoms with Crippen LogP contribution in [0.4, 0.5) is 0 Å². The first-order valence-corrected chi connectivity index (χ1v) is 7.62. The third kappa shape index (κ3) is 3.37. The predicted octanol–water partition coefficient (Wildman–Crippen LogP) is 0.720. The SMILES string of the molecule is NC(=O)c1cc(S(=O)(=O)NCc2cccnc2)cs1. The molecule has 0 radical (unpaired) electrons. The van der Waals surface area contributed by atoms with Gasteiger partial charge in [0.05, 0.1) is 9.77 Å². The van der Waals surface area contributed by atoms with Crippen LogP contribution in [-0.4, -0.2) is 19.3 Å². The maximum Gasteiger partial charge on any atom is 0.258 e. The number of nitrogens with two attached hydrogens (primary N) is 1. The van der Waals surface area contributed by atoms with E-state index in [1.165, 1.54) is 11.4 Å². The molecule has 0 saturated carbocycles. The lowest BCUT2D eigenvalue weighted by Gasteiger charge is -2.04. The van der Waals surface area contributed by atoms with Crippen molar-refractivity contribution >= 4 is 27.3 Å². The zero-order valence-corrected chi connectivity index (χ0v) is 11.4. The molecule has 100 valence electrons. The first kappa shape index (κ1) is 13.7. The molecule has 19 heavy (non-hydrogen) atoms. The van der Waals surface area contributed by atoms with Gasteiger partial charge in [-0.25, -0.2) is 13.1 Å². The molecule has 0 saturated heterocycles. The summed E-state index contributed by atoms with van der Waals surface area (Å²) in [7, 11) is -3.65. The molecule has 2 heterocycles. The number of nitrogens with zero attached hydrogens (tertiary/aromatic N) is 1. The molecule has 0 atom stereocenters. The number of amides is 1. The quantitative estimate of drug-likeness (QED) is 0.848. The molecule has 1 amide bonds. The summed E-state index contributed by atoms with van der Waals surface area (Å²) >= 11 is 1.00. The number of thiophene rings is 1. The lowest BCUT2D eigenvalue weighted by atomic mass is 10.3. The average molecular weight is 297 g/mol. The second kappa shape index (κ2) is 5.47. The predicted molar refractivity (Wildman–Crippen MR) is 71.1 cm³/mol. The Labute approximate surface area is 114 Å². The molecule has 6 nitrogen and oxygen atoms in total. The molecular formula is C11H11N3O3S2. The fourth-order valence-corrected chi connectivity index (χ4v) is 3.50. The number of sulfonamides is 1. The van der Waals surface area contributed by atoms with Gasteiger partial charge < -0.3 is 5.73 Å². The maximum absolute atomic E-state index is 12.0. The van der Waals surface area contributed by atoms with Gasteiger partial charge in [-0.05, 0) is 17.7 Å². The van der Waals surface area contributed by atoms with Crippen molar-refractivity contribution in [1.82, 2.24) is 9.71 Å². The van der Waals surface area contributed by atoms with Gasteiger partial charge in [-0.3, -0.25) is 9.78 Å². The molecule has 0 fully saturated rings. The van der Waals surface area contributed by atoms with Crippen molar-refractivity contribution in [2.24, 2.45) is 5.73 Å². The molecule has 2 aromatic rings. The summed E-state index contributed by atoms with van der Waals surface area (Å²) in [5.41, 5.74) is 5.83. The molecule has 0 aliphatic rings. The minimum Gasteiger partial charge on any atom is -0.365 e. The number of hydrogen-bond donors (Lipinski definition) is 2. The van der Waals surface area contributed by atoms with Gasteiger partial charge in [-0.15, -0.1) is 11.3 Å². The highest BCUT2D eigenvalue weighted by molar-refractivity contribution is 7.89. The van der Waals surface area contributed by atoms with Crippen LogP contribution in [0.25, 0.3) is 0 Å². The number of nitrogens with one attached hydrogen (secondary N) is 1. The Morgan fingerprint density at radius 1 is 1.47 bits per heavy atom. The summed E-state index contributed by atoms with van der Waals surface area (Å²) in [6.07, 6.45) is 3.18. The van der Waals surface area contributed by atoms with Crippen molar-refractivity contribution in [3.63, 3.8) is 0 Å². The Balaban J connectivity index is 2.12. The normalized spacial score (nSPS) is 11.4. The minimum absolute atomic E-state index is 0.0372. The second-order valence-corrected chi connectivity index (χ2v) is 6.37. The van der Waals surface area contributed by atoms with E-state index in [0.717, 1.165) is 16.9 Å². The van der Waals surface area contributed by atoms with E-state index in [1.54, 1.807) is 24.5 Å². The van der Waals surface area contributed by atoms with Crippen molar-refractivity contribution in [2.45, 2.75) is 11.4 Å². The number of hydrogen-bond acceptors (Lipinski definition) is 5. The van der Waals surface area contributed by atoms with Crippen LogP contribution < -0.4 is 10.5 Å². The first-order valence-electron chi connectivity index (χ1n) is 5.26. The molecule has 0 unspecified atom stereocenters. The standard InChI is InChI=1S/C11H11N3O3S2/c12-11(15)10-4-9(7-18-10)19(16,17)14-6-8-2-1-3-13-5-8/h1-5,7,14H,6H2,(H2,12,15). The second-order valence-electron chi connectivity index (χ2n) is 3.70. The third-order valence-corrected chi connectivity index (χ3v) is 4.79. The molecular weight excluding hydrogens is 286 g/mol. The van der Waals surface area contributed by atoms with E-state index in [4.69, 9.17) is 5.73 Å². The van der Waals surface area contributed by atoms with E-state index in [9.17, 15) is 13.2 Å². The van der Waals surface area contributed by atoms with Crippen LogP contribution in [0.2, 0.25) is 0 Å². The molecule has 3 N–H and O–H groups in total. The fourth-order valence-electron chi connectivity index (χ4n) is 1.35. The third-order valence-electron chi connectivity index (χ3n) is 2.32. The molecule has 0 spiro atoms. The highest BCUT2D eigenvalue weighted by Crippen LogP contribution is 2.18. The van der Waals surface area contributed by atoms with E-state index in [2.05, 4.69) is 9.71 Å². The maximum atomic E-state index is 12.0. The molecule has 2 aromatic heterocycles. The topological polar surface area (TPSA) is 102 Å². The van der Waals surface area contributed by atoms with Crippen LogP contribution >= 0.6 is 11.3 Å². The average Bonchev–Trinajstić information content (AvgIpc) is 2.88. The molecule has 0 aromatic carbocycles.